The smallest absolute Gasteiger partial charge is 0.362 e. The van der Waals surface area contributed by atoms with E-state index in [2.05, 4.69) is 21.5 Å². The van der Waals surface area contributed by atoms with Crippen LogP contribution in [0.2, 0.25) is 0 Å². The van der Waals surface area contributed by atoms with Gasteiger partial charge in [-0.15, -0.1) is 5.10 Å². The quantitative estimate of drug-likeness (QED) is 0.0569. The van der Waals surface area contributed by atoms with Crippen LogP contribution in [-0.2, 0) is 20.9 Å². The van der Waals surface area contributed by atoms with Crippen molar-refractivity contribution in [1.29, 1.82) is 0 Å². The number of fused-ring (bicyclic) bond motifs is 2. The number of phenolic OH excluding ortho intramolecular Hbond substituents is 1. The number of phenols is 1. The lowest BCUT2D eigenvalue weighted by molar-refractivity contribution is -0.384. The van der Waals surface area contributed by atoms with Crippen LogP contribution in [0.15, 0.2) is 59.3 Å². The first-order valence-corrected chi connectivity index (χ1v) is 20.4. The van der Waals surface area contributed by atoms with E-state index < -0.39 is 57.4 Å². The van der Waals surface area contributed by atoms with Crippen molar-refractivity contribution in [3.05, 3.63) is 86.7 Å². The Morgan fingerprint density at radius 3 is 2.25 bits per heavy atom. The average molecular weight is 834 g/mol. The van der Waals surface area contributed by atoms with Gasteiger partial charge in [-0.25, -0.2) is 14.3 Å². The molecular formula is C43H55N5O12. The number of benzene rings is 2. The molecule has 17 nitrogen and oxygen atoms in total. The van der Waals surface area contributed by atoms with Crippen LogP contribution in [0.25, 0.3) is 0 Å². The lowest BCUT2D eigenvalue weighted by Crippen LogP contribution is -2.62. The Morgan fingerprint density at radius 2 is 1.62 bits per heavy atom. The summed E-state index contributed by atoms with van der Waals surface area (Å²) in [4.78, 5) is 44.6. The van der Waals surface area contributed by atoms with E-state index in [9.17, 15) is 40.1 Å². The number of nitro benzene ring substituents is 1. The number of nitro groups is 1. The molecule has 3 aromatic rings. The molecular weight excluding hydrogens is 778 g/mol. The maximum atomic E-state index is 14.2. The number of allylic oxidation sites excluding steroid dienone is 1. The summed E-state index contributed by atoms with van der Waals surface area (Å²) in [6.45, 7) is 9.95. The van der Waals surface area contributed by atoms with Crippen LogP contribution < -0.4 is 4.74 Å². The second-order valence-electron chi connectivity index (χ2n) is 17.7. The lowest BCUT2D eigenvalue weighted by Gasteiger charge is -2.56. The van der Waals surface area contributed by atoms with E-state index in [1.165, 1.54) is 18.2 Å². The van der Waals surface area contributed by atoms with Crippen molar-refractivity contribution in [2.24, 2.45) is 22.9 Å². The largest absolute Gasteiger partial charge is 0.508 e. The fraction of sp³-hybridized carbons (Fsp3) is 0.558. The fourth-order valence-corrected chi connectivity index (χ4v) is 8.60. The predicted molar refractivity (Wildman–Crippen MR) is 216 cm³/mol. The summed E-state index contributed by atoms with van der Waals surface area (Å²) in [5.74, 6) is -5.49. The number of hydrogen-bond acceptors (Lipinski definition) is 15. The topological polar surface area (TPSA) is 238 Å². The number of esters is 2. The van der Waals surface area contributed by atoms with Crippen molar-refractivity contribution in [2.75, 3.05) is 13.2 Å². The van der Waals surface area contributed by atoms with Crippen LogP contribution in [0, 0.1) is 27.9 Å². The number of aliphatic hydroxyl groups excluding tert-OH is 2. The number of ether oxygens (including phenoxy) is 3. The van der Waals surface area contributed by atoms with Crippen molar-refractivity contribution in [3.8, 4) is 11.5 Å². The zero-order valence-electron chi connectivity index (χ0n) is 34.9. The van der Waals surface area contributed by atoms with Crippen molar-refractivity contribution in [1.82, 2.24) is 15.0 Å². The number of oxime groups is 1. The summed E-state index contributed by atoms with van der Waals surface area (Å²) < 4.78 is 19.2. The molecule has 0 radical (unpaired) electrons. The highest BCUT2D eigenvalue weighted by Crippen LogP contribution is 2.62. The van der Waals surface area contributed by atoms with Crippen LogP contribution in [-0.4, -0.2) is 88.2 Å². The van der Waals surface area contributed by atoms with E-state index in [-0.39, 0.29) is 55.2 Å². The molecule has 1 fully saturated rings. The van der Waals surface area contributed by atoms with Gasteiger partial charge >= 0.3 is 11.9 Å². The van der Waals surface area contributed by atoms with E-state index in [1.54, 1.807) is 65.8 Å². The highest BCUT2D eigenvalue weighted by Gasteiger charge is 2.64. The molecule has 0 bridgehead atoms. The first-order valence-electron chi connectivity index (χ1n) is 20.4. The predicted octanol–water partition coefficient (Wildman–Crippen LogP) is 6.30. The Labute approximate surface area is 348 Å². The summed E-state index contributed by atoms with van der Waals surface area (Å²) in [6.07, 6.45) is 5.69. The number of carbonyl (C=O) groups excluding carboxylic acids is 2. The first-order chi connectivity index (χ1) is 28.3. The molecule has 1 aromatic heterocycles. The number of aliphatic hydroxyl groups is 3. The standard InChI is InChI=1S/C43H55N5O12/c1-41(2,3)59-39(52)37-38(40(53)60-42(4,5)6)47(46-44-37)34-23-32(45-57-24-25-13-15-27(16-14-25)48(55)56)30-21-26(11-7-9-19-49)29(12-8-10-20-50)35-31-22-28(51)17-18-33(31)58-43(34,54)36(30)35/h13-18,21-22,26,29,34-36,49-51,54H,7-12,19-20,23-24H2,1-6H3/t26-,29+,34-,35+,36+,43+/m0/s1. The van der Waals surface area contributed by atoms with Gasteiger partial charge in [-0.1, -0.05) is 29.3 Å². The van der Waals surface area contributed by atoms with Gasteiger partial charge in [0.05, 0.1) is 16.6 Å². The molecule has 0 spiro atoms. The van der Waals surface area contributed by atoms with E-state index in [0.29, 0.717) is 66.7 Å². The molecule has 1 saturated carbocycles. The Bertz CT molecular complexity index is 2120. The molecule has 2 aliphatic carbocycles. The van der Waals surface area contributed by atoms with Crippen molar-refractivity contribution in [2.45, 2.75) is 122 Å². The third-order valence-electron chi connectivity index (χ3n) is 11.0. The summed E-state index contributed by atoms with van der Waals surface area (Å²) in [7, 11) is 0. The zero-order chi connectivity index (χ0) is 43.6. The van der Waals surface area contributed by atoms with Crippen LogP contribution in [0.1, 0.15) is 131 Å². The van der Waals surface area contributed by atoms with Crippen LogP contribution in [0.4, 0.5) is 5.69 Å². The number of aromatic nitrogens is 3. The molecule has 4 N–H and O–H groups in total. The van der Waals surface area contributed by atoms with Gasteiger partial charge in [0.15, 0.2) is 5.69 Å². The third-order valence-corrected chi connectivity index (χ3v) is 11.0. The van der Waals surface area contributed by atoms with Crippen molar-refractivity contribution in [3.63, 3.8) is 0 Å². The Balaban J connectivity index is 1.56. The van der Waals surface area contributed by atoms with E-state index in [1.807, 2.05) is 0 Å². The highest BCUT2D eigenvalue weighted by atomic mass is 16.6. The van der Waals surface area contributed by atoms with Gasteiger partial charge in [0.25, 0.3) is 5.69 Å². The number of rotatable bonds is 15. The number of non-ortho nitro benzene ring substituents is 1. The normalized spacial score (nSPS) is 24.1. The zero-order valence-corrected chi connectivity index (χ0v) is 34.9. The molecule has 0 unspecified atom stereocenters. The summed E-state index contributed by atoms with van der Waals surface area (Å²) in [6, 6.07) is 9.22. The van der Waals surface area contributed by atoms with Crippen LogP contribution in [0.3, 0.4) is 0 Å². The van der Waals surface area contributed by atoms with Crippen LogP contribution in [0.5, 0.6) is 11.5 Å². The maximum absolute atomic E-state index is 14.2. The fourth-order valence-electron chi connectivity index (χ4n) is 8.60. The molecule has 0 amide bonds. The number of carbonyl (C=O) groups is 2. The average Bonchev–Trinajstić information content (AvgIpc) is 3.61. The monoisotopic (exact) mass is 833 g/mol. The van der Waals surface area contributed by atoms with Crippen LogP contribution >= 0.6 is 0 Å². The summed E-state index contributed by atoms with van der Waals surface area (Å²) in [5, 5.41) is 68.2. The molecule has 6 rings (SSSR count). The Kier molecular flexibility index (Phi) is 13.0. The molecule has 324 valence electrons. The molecule has 3 aliphatic rings. The van der Waals surface area contributed by atoms with Gasteiger partial charge in [0, 0.05) is 43.2 Å². The Morgan fingerprint density at radius 1 is 0.967 bits per heavy atom. The van der Waals surface area contributed by atoms with Gasteiger partial charge < -0.3 is 39.5 Å². The third kappa shape index (κ3) is 9.48. The minimum absolute atomic E-state index is 0.00773. The summed E-state index contributed by atoms with van der Waals surface area (Å²) >= 11 is 0. The van der Waals surface area contributed by atoms with Crippen molar-refractivity contribution < 1.29 is 54.0 Å². The van der Waals surface area contributed by atoms with E-state index in [0.717, 1.165) is 4.68 Å². The molecule has 6 atom stereocenters. The second-order valence-corrected chi connectivity index (χ2v) is 17.7. The van der Waals surface area contributed by atoms with Gasteiger partial charge in [-0.05, 0) is 121 Å². The number of hydrogen-bond donors (Lipinski definition) is 4. The maximum Gasteiger partial charge on any atom is 0.362 e. The van der Waals surface area contributed by atoms with Gasteiger partial charge in [-0.2, -0.15) is 0 Å². The van der Waals surface area contributed by atoms with E-state index >= 15 is 0 Å². The lowest BCUT2D eigenvalue weighted by atomic mass is 9.55. The van der Waals surface area contributed by atoms with E-state index in [4.69, 9.17) is 19.0 Å². The van der Waals surface area contributed by atoms with Gasteiger partial charge in [0.2, 0.25) is 11.5 Å². The first kappa shape index (κ1) is 44.2. The SMILES string of the molecule is CC(C)(C)OC(=O)c1nnn([C@H]2CC(=NOCc3ccc([N+](=O)[O-])cc3)C3=C[C@H](CCCCO)[C@@H](CCCCO)[C@@H]4c5cc(O)ccc5O[C@@]2(O)[C@H]34)c1C(=O)OC(C)(C)C. The van der Waals surface area contributed by atoms with Gasteiger partial charge in [0.1, 0.15) is 35.3 Å². The molecule has 2 heterocycles. The molecule has 17 heteroatoms. The number of nitrogens with zero attached hydrogens (tertiary/aromatic N) is 5. The second kappa shape index (κ2) is 17.7. The highest BCUT2D eigenvalue weighted by molar-refractivity contribution is 6.03. The van der Waals surface area contributed by atoms with Crippen molar-refractivity contribution >= 4 is 23.3 Å². The number of aromatic hydroxyl groups is 1. The molecule has 0 saturated heterocycles. The minimum atomic E-state index is -2.18. The summed E-state index contributed by atoms with van der Waals surface area (Å²) in [5.41, 5.74) is -0.635. The Hall–Kier alpha value is -5.39. The molecule has 1 aliphatic heterocycles. The number of unbranched alkanes of at least 4 members (excludes halogenated alkanes) is 2. The minimum Gasteiger partial charge on any atom is -0.508 e. The van der Waals surface area contributed by atoms with Gasteiger partial charge in [-0.3, -0.25) is 10.1 Å². The molecule has 2 aromatic carbocycles. The molecule has 60 heavy (non-hydrogen) atoms.